The summed E-state index contributed by atoms with van der Waals surface area (Å²) >= 11 is 1.21. The van der Waals surface area contributed by atoms with E-state index in [1.165, 1.54) is 18.9 Å². The minimum Gasteiger partial charge on any atom is -0.480 e. The normalized spacial score (nSPS) is 12.4. The van der Waals surface area contributed by atoms with Gasteiger partial charge in [-0.2, -0.15) is 0 Å². The first-order chi connectivity index (χ1) is 9.45. The van der Waals surface area contributed by atoms with Gasteiger partial charge in [-0.25, -0.2) is 4.79 Å². The number of hydrogen-bond acceptors (Lipinski definition) is 6. The Morgan fingerprint density at radius 1 is 1.55 bits per heavy atom. The number of carbonyl (C=O) groups excluding carboxylic acids is 1. The molecule has 1 aromatic heterocycles. The molecule has 0 aliphatic carbocycles. The molecule has 20 heavy (non-hydrogen) atoms. The topological polar surface area (TPSA) is 106 Å². The van der Waals surface area contributed by atoms with Gasteiger partial charge in [0, 0.05) is 13.2 Å². The third-order valence-electron chi connectivity index (χ3n) is 2.40. The largest absolute Gasteiger partial charge is 0.480 e. The number of nitrogens with zero attached hydrogens (tertiary/aromatic N) is 3. The van der Waals surface area contributed by atoms with Gasteiger partial charge in [-0.3, -0.25) is 4.79 Å². The van der Waals surface area contributed by atoms with Crippen LogP contribution in [0.5, 0.6) is 0 Å². The van der Waals surface area contributed by atoms with Gasteiger partial charge < -0.3 is 19.7 Å². The third-order valence-corrected chi connectivity index (χ3v) is 3.35. The van der Waals surface area contributed by atoms with Crippen LogP contribution < -0.4 is 5.32 Å². The van der Waals surface area contributed by atoms with Gasteiger partial charge in [-0.05, 0) is 13.8 Å². The molecule has 1 rings (SSSR count). The summed E-state index contributed by atoms with van der Waals surface area (Å²) < 4.78 is 6.57. The minimum absolute atomic E-state index is 0.0684. The Morgan fingerprint density at radius 2 is 2.25 bits per heavy atom. The lowest BCUT2D eigenvalue weighted by Gasteiger charge is -2.13. The Hall–Kier alpha value is -1.61. The number of carbonyl (C=O) groups is 2. The summed E-state index contributed by atoms with van der Waals surface area (Å²) in [4.78, 5) is 22.6. The molecule has 0 bridgehead atoms. The van der Waals surface area contributed by atoms with E-state index in [1.54, 1.807) is 6.33 Å². The van der Waals surface area contributed by atoms with Crippen molar-refractivity contribution < 1.29 is 19.4 Å². The smallest absolute Gasteiger partial charge is 0.328 e. The van der Waals surface area contributed by atoms with Crippen molar-refractivity contribution in [3.63, 3.8) is 0 Å². The standard InChI is InChI=1S/C11H18N4O4S/c1-7(2)15-6-12-14-11(15)20-5-9(16)13-8(4-19-3)10(17)18/h6-8H,4-5H2,1-3H3,(H,13,16)(H,17,18). The molecule has 112 valence electrons. The van der Waals surface area contributed by atoms with Gasteiger partial charge in [-0.15, -0.1) is 10.2 Å². The van der Waals surface area contributed by atoms with Crippen LogP contribution in [0, 0.1) is 0 Å². The summed E-state index contributed by atoms with van der Waals surface area (Å²) in [5, 5.41) is 19.6. The first-order valence-corrected chi connectivity index (χ1v) is 6.97. The predicted molar refractivity (Wildman–Crippen MR) is 72.6 cm³/mol. The number of carboxylic acids is 1. The molecule has 0 saturated carbocycles. The van der Waals surface area contributed by atoms with Gasteiger partial charge in [0.25, 0.3) is 0 Å². The maximum atomic E-state index is 11.7. The number of ether oxygens (including phenoxy) is 1. The lowest BCUT2D eigenvalue weighted by Crippen LogP contribution is -2.44. The highest BCUT2D eigenvalue weighted by Gasteiger charge is 2.20. The molecule has 0 spiro atoms. The average molecular weight is 302 g/mol. The number of rotatable bonds is 8. The fraction of sp³-hybridized carbons (Fsp3) is 0.636. The summed E-state index contributed by atoms with van der Waals surface area (Å²) in [6, 6.07) is -0.855. The number of aliphatic carboxylic acids is 1. The van der Waals surface area contributed by atoms with Crippen molar-refractivity contribution in [1.29, 1.82) is 0 Å². The van der Waals surface area contributed by atoms with Crippen molar-refractivity contribution >= 4 is 23.6 Å². The Balaban J connectivity index is 2.50. The first-order valence-electron chi connectivity index (χ1n) is 5.99. The number of nitrogens with one attached hydrogen (secondary N) is 1. The van der Waals surface area contributed by atoms with Gasteiger partial charge in [0.05, 0.1) is 12.4 Å². The fourth-order valence-corrected chi connectivity index (χ4v) is 2.25. The van der Waals surface area contributed by atoms with E-state index in [4.69, 9.17) is 9.84 Å². The molecule has 9 heteroatoms. The van der Waals surface area contributed by atoms with Crippen molar-refractivity contribution in [3.8, 4) is 0 Å². The van der Waals surface area contributed by atoms with E-state index in [1.807, 2.05) is 18.4 Å². The highest BCUT2D eigenvalue weighted by molar-refractivity contribution is 7.99. The Bertz CT molecular complexity index is 463. The number of carboxylic acid groups (broad SMARTS) is 1. The number of hydrogen-bond donors (Lipinski definition) is 2. The molecule has 0 aliphatic rings. The lowest BCUT2D eigenvalue weighted by atomic mass is 10.3. The summed E-state index contributed by atoms with van der Waals surface area (Å²) in [7, 11) is 1.38. The summed E-state index contributed by atoms with van der Waals surface area (Å²) in [5.74, 6) is -1.45. The number of aromatic nitrogens is 3. The lowest BCUT2D eigenvalue weighted by molar-refractivity contribution is -0.142. The maximum absolute atomic E-state index is 11.7. The van der Waals surface area contributed by atoms with Crippen molar-refractivity contribution in [1.82, 2.24) is 20.1 Å². The van der Waals surface area contributed by atoms with Crippen LogP contribution in [0.2, 0.25) is 0 Å². The number of methoxy groups -OCH3 is 1. The first kappa shape index (κ1) is 16.4. The van der Waals surface area contributed by atoms with Crippen LogP contribution in [0.3, 0.4) is 0 Å². The van der Waals surface area contributed by atoms with Crippen molar-refractivity contribution in [2.45, 2.75) is 31.1 Å². The molecule has 0 radical (unpaired) electrons. The van der Waals surface area contributed by atoms with E-state index in [9.17, 15) is 9.59 Å². The van der Waals surface area contributed by atoms with Crippen LogP contribution in [0.4, 0.5) is 0 Å². The van der Waals surface area contributed by atoms with Gasteiger partial charge in [-0.1, -0.05) is 11.8 Å². The molecule has 1 unspecified atom stereocenters. The molecular weight excluding hydrogens is 284 g/mol. The third kappa shape index (κ3) is 4.82. The van der Waals surface area contributed by atoms with E-state index >= 15 is 0 Å². The summed E-state index contributed by atoms with van der Waals surface area (Å²) in [6.07, 6.45) is 1.59. The molecule has 1 atom stereocenters. The van der Waals surface area contributed by atoms with Gasteiger partial charge in [0.15, 0.2) is 11.2 Å². The molecule has 0 aromatic carbocycles. The van der Waals surface area contributed by atoms with Crippen molar-refractivity contribution in [2.75, 3.05) is 19.5 Å². The van der Waals surface area contributed by atoms with E-state index in [0.717, 1.165) is 0 Å². The summed E-state index contributed by atoms with van der Waals surface area (Å²) in [5.41, 5.74) is 0. The molecule has 1 amide bonds. The summed E-state index contributed by atoms with van der Waals surface area (Å²) in [6.45, 7) is 3.88. The zero-order chi connectivity index (χ0) is 15.1. The molecule has 0 saturated heterocycles. The second-order valence-corrected chi connectivity index (χ2v) is 5.26. The highest BCUT2D eigenvalue weighted by atomic mass is 32.2. The second-order valence-electron chi connectivity index (χ2n) is 4.32. The van der Waals surface area contributed by atoms with E-state index in [0.29, 0.717) is 5.16 Å². The maximum Gasteiger partial charge on any atom is 0.328 e. The van der Waals surface area contributed by atoms with Crippen LogP contribution in [-0.4, -0.2) is 57.3 Å². The molecule has 0 aliphatic heterocycles. The van der Waals surface area contributed by atoms with E-state index in [2.05, 4.69) is 15.5 Å². The van der Waals surface area contributed by atoms with Crippen LogP contribution in [-0.2, 0) is 14.3 Å². The van der Waals surface area contributed by atoms with Gasteiger partial charge in [0.2, 0.25) is 5.91 Å². The van der Waals surface area contributed by atoms with Crippen molar-refractivity contribution in [3.05, 3.63) is 6.33 Å². The zero-order valence-corrected chi connectivity index (χ0v) is 12.4. The highest BCUT2D eigenvalue weighted by Crippen LogP contribution is 2.18. The fourth-order valence-electron chi connectivity index (χ4n) is 1.40. The van der Waals surface area contributed by atoms with E-state index in [-0.39, 0.29) is 18.4 Å². The van der Waals surface area contributed by atoms with Crippen LogP contribution >= 0.6 is 11.8 Å². The quantitative estimate of drug-likeness (QED) is 0.659. The molecule has 1 aromatic rings. The molecule has 0 fully saturated rings. The Labute approximate surface area is 120 Å². The number of amides is 1. The van der Waals surface area contributed by atoms with Gasteiger partial charge >= 0.3 is 5.97 Å². The monoisotopic (exact) mass is 302 g/mol. The van der Waals surface area contributed by atoms with Crippen LogP contribution in [0.15, 0.2) is 11.5 Å². The Kier molecular flexibility index (Phi) is 6.46. The van der Waals surface area contributed by atoms with E-state index < -0.39 is 17.9 Å². The second kappa shape index (κ2) is 7.85. The average Bonchev–Trinajstić information content (AvgIpc) is 2.84. The molecule has 8 nitrogen and oxygen atoms in total. The Morgan fingerprint density at radius 3 is 2.80 bits per heavy atom. The van der Waals surface area contributed by atoms with Gasteiger partial charge in [0.1, 0.15) is 6.33 Å². The number of thioether (sulfide) groups is 1. The van der Waals surface area contributed by atoms with Crippen molar-refractivity contribution in [2.24, 2.45) is 0 Å². The van der Waals surface area contributed by atoms with Crippen LogP contribution in [0.1, 0.15) is 19.9 Å². The predicted octanol–water partition coefficient (Wildman–Crippen LogP) is 0.167. The minimum atomic E-state index is -1.13. The molecular formula is C11H18N4O4S. The molecule has 1 heterocycles. The molecule has 2 N–H and O–H groups in total. The SMILES string of the molecule is COCC(NC(=O)CSc1nncn1C(C)C)C(=O)O. The van der Waals surface area contributed by atoms with Crippen LogP contribution in [0.25, 0.3) is 0 Å². The zero-order valence-electron chi connectivity index (χ0n) is 11.6.